The smallest absolute Gasteiger partial charge is 0.123 e. The van der Waals surface area contributed by atoms with Gasteiger partial charge in [0.2, 0.25) is 0 Å². The highest BCUT2D eigenvalue weighted by Crippen LogP contribution is 2.33. The number of thiazole rings is 1. The number of halogens is 2. The SMILES string of the molecule is COc1ccc(C=Cc2nc(-c3ccc(F)cc3)c(Br)s2)cc1. The van der Waals surface area contributed by atoms with Gasteiger partial charge in [-0.05, 0) is 64.0 Å². The molecule has 0 spiro atoms. The summed E-state index contributed by atoms with van der Waals surface area (Å²) in [5.74, 6) is 0.581. The summed E-state index contributed by atoms with van der Waals surface area (Å²) in [7, 11) is 1.65. The lowest BCUT2D eigenvalue weighted by molar-refractivity contribution is 0.415. The van der Waals surface area contributed by atoms with Gasteiger partial charge in [0.1, 0.15) is 16.6 Å². The quantitative estimate of drug-likeness (QED) is 0.554. The Morgan fingerprint density at radius 2 is 1.74 bits per heavy atom. The number of nitrogens with zero attached hydrogens (tertiary/aromatic N) is 1. The molecule has 116 valence electrons. The van der Waals surface area contributed by atoms with E-state index >= 15 is 0 Å². The fraction of sp³-hybridized carbons (Fsp3) is 0.0556. The second kappa shape index (κ2) is 7.06. The van der Waals surface area contributed by atoms with E-state index in [0.29, 0.717) is 0 Å². The topological polar surface area (TPSA) is 22.1 Å². The third-order valence-corrected chi connectivity index (χ3v) is 4.92. The van der Waals surface area contributed by atoms with Crippen LogP contribution in [0.15, 0.2) is 52.3 Å². The molecule has 1 heterocycles. The van der Waals surface area contributed by atoms with Gasteiger partial charge in [-0.3, -0.25) is 0 Å². The molecule has 2 nitrogen and oxygen atoms in total. The summed E-state index contributed by atoms with van der Waals surface area (Å²) in [6.45, 7) is 0. The maximum Gasteiger partial charge on any atom is 0.123 e. The van der Waals surface area contributed by atoms with Gasteiger partial charge in [0, 0.05) is 5.56 Å². The van der Waals surface area contributed by atoms with Crippen LogP contribution in [0.2, 0.25) is 0 Å². The average molecular weight is 390 g/mol. The Morgan fingerprint density at radius 1 is 1.04 bits per heavy atom. The molecular formula is C18H13BrFNOS. The molecular weight excluding hydrogens is 377 g/mol. The fourth-order valence-electron chi connectivity index (χ4n) is 2.06. The number of benzene rings is 2. The monoisotopic (exact) mass is 389 g/mol. The predicted octanol–water partition coefficient (Wildman–Crippen LogP) is 5.89. The van der Waals surface area contributed by atoms with E-state index in [0.717, 1.165) is 31.4 Å². The minimum absolute atomic E-state index is 0.250. The van der Waals surface area contributed by atoms with Gasteiger partial charge in [0.15, 0.2) is 0 Å². The zero-order valence-electron chi connectivity index (χ0n) is 12.3. The van der Waals surface area contributed by atoms with Crippen molar-refractivity contribution < 1.29 is 9.13 Å². The average Bonchev–Trinajstić information content (AvgIpc) is 2.95. The molecule has 0 atom stereocenters. The van der Waals surface area contributed by atoms with Gasteiger partial charge in [-0.25, -0.2) is 9.37 Å². The van der Waals surface area contributed by atoms with Crippen LogP contribution in [0.1, 0.15) is 10.6 Å². The highest BCUT2D eigenvalue weighted by atomic mass is 79.9. The molecule has 0 saturated carbocycles. The normalized spacial score (nSPS) is 11.1. The van der Waals surface area contributed by atoms with Crippen molar-refractivity contribution in [2.45, 2.75) is 0 Å². The summed E-state index contributed by atoms with van der Waals surface area (Å²) in [6.07, 6.45) is 3.96. The minimum atomic E-state index is -0.250. The lowest BCUT2D eigenvalue weighted by Gasteiger charge is -1.98. The first-order valence-corrected chi connectivity index (χ1v) is 8.51. The van der Waals surface area contributed by atoms with E-state index in [1.165, 1.54) is 12.1 Å². The molecule has 0 N–H and O–H groups in total. The molecule has 3 rings (SSSR count). The van der Waals surface area contributed by atoms with Crippen molar-refractivity contribution in [2.24, 2.45) is 0 Å². The van der Waals surface area contributed by atoms with Crippen molar-refractivity contribution in [3.05, 3.63) is 68.7 Å². The first kappa shape index (κ1) is 15.9. The highest BCUT2D eigenvalue weighted by molar-refractivity contribution is 9.11. The minimum Gasteiger partial charge on any atom is -0.497 e. The summed E-state index contributed by atoms with van der Waals surface area (Å²) >= 11 is 5.07. The Bertz CT molecular complexity index is 825. The van der Waals surface area contributed by atoms with Crippen LogP contribution in [0.4, 0.5) is 4.39 Å². The third kappa shape index (κ3) is 3.86. The summed E-state index contributed by atoms with van der Waals surface area (Å²) in [5, 5.41) is 0.881. The van der Waals surface area contributed by atoms with Gasteiger partial charge in [-0.2, -0.15) is 0 Å². The highest BCUT2D eigenvalue weighted by Gasteiger charge is 2.09. The largest absolute Gasteiger partial charge is 0.497 e. The van der Waals surface area contributed by atoms with Crippen LogP contribution in [-0.4, -0.2) is 12.1 Å². The molecule has 0 aliphatic carbocycles. The van der Waals surface area contributed by atoms with Crippen LogP contribution in [-0.2, 0) is 0 Å². The standard InChI is InChI=1S/C18H13BrFNOS/c1-22-15-9-2-12(3-10-15)4-11-16-21-17(18(19)23-16)13-5-7-14(20)8-6-13/h2-11H,1H3. The molecule has 0 fully saturated rings. The van der Waals surface area contributed by atoms with Gasteiger partial charge >= 0.3 is 0 Å². The lowest BCUT2D eigenvalue weighted by Crippen LogP contribution is -1.81. The van der Waals surface area contributed by atoms with Crippen LogP contribution in [0.25, 0.3) is 23.4 Å². The Morgan fingerprint density at radius 3 is 2.39 bits per heavy atom. The lowest BCUT2D eigenvalue weighted by atomic mass is 10.2. The van der Waals surface area contributed by atoms with E-state index < -0.39 is 0 Å². The molecule has 23 heavy (non-hydrogen) atoms. The Labute approximate surface area is 146 Å². The second-order valence-electron chi connectivity index (χ2n) is 4.79. The number of rotatable bonds is 4. The molecule has 0 bridgehead atoms. The fourth-order valence-corrected chi connectivity index (χ4v) is 3.59. The molecule has 0 amide bonds. The zero-order chi connectivity index (χ0) is 16.2. The van der Waals surface area contributed by atoms with Crippen molar-refractivity contribution >= 4 is 39.4 Å². The number of aromatic nitrogens is 1. The number of methoxy groups -OCH3 is 1. The van der Waals surface area contributed by atoms with E-state index in [1.54, 1.807) is 30.6 Å². The number of hydrogen-bond donors (Lipinski definition) is 0. The van der Waals surface area contributed by atoms with Crippen LogP contribution >= 0.6 is 27.3 Å². The Balaban J connectivity index is 1.82. The molecule has 0 saturated heterocycles. The zero-order valence-corrected chi connectivity index (χ0v) is 14.7. The molecule has 5 heteroatoms. The van der Waals surface area contributed by atoms with Crippen molar-refractivity contribution in [3.8, 4) is 17.0 Å². The first-order chi connectivity index (χ1) is 11.2. The molecule has 3 aromatic rings. The maximum atomic E-state index is 13.0. The summed E-state index contributed by atoms with van der Waals surface area (Å²) in [6, 6.07) is 14.1. The van der Waals surface area contributed by atoms with Crippen LogP contribution in [0.5, 0.6) is 5.75 Å². The van der Waals surface area contributed by atoms with E-state index in [4.69, 9.17) is 4.74 Å². The van der Waals surface area contributed by atoms with E-state index in [1.807, 2.05) is 36.4 Å². The van der Waals surface area contributed by atoms with Crippen LogP contribution in [0.3, 0.4) is 0 Å². The molecule has 0 radical (unpaired) electrons. The number of hydrogen-bond acceptors (Lipinski definition) is 3. The van der Waals surface area contributed by atoms with E-state index in [2.05, 4.69) is 20.9 Å². The van der Waals surface area contributed by atoms with E-state index in [9.17, 15) is 4.39 Å². The predicted molar refractivity (Wildman–Crippen MR) is 97.1 cm³/mol. The molecule has 0 aliphatic rings. The van der Waals surface area contributed by atoms with Crippen molar-refractivity contribution in [1.29, 1.82) is 0 Å². The Kier molecular flexibility index (Phi) is 4.88. The van der Waals surface area contributed by atoms with Gasteiger partial charge in [0.05, 0.1) is 16.6 Å². The maximum absolute atomic E-state index is 13.0. The van der Waals surface area contributed by atoms with Crippen LogP contribution in [0, 0.1) is 5.82 Å². The van der Waals surface area contributed by atoms with Crippen molar-refractivity contribution in [3.63, 3.8) is 0 Å². The van der Waals surface area contributed by atoms with Crippen molar-refractivity contribution in [2.75, 3.05) is 7.11 Å². The Hall–Kier alpha value is -1.98. The molecule has 1 aromatic heterocycles. The van der Waals surface area contributed by atoms with Gasteiger partial charge in [-0.1, -0.05) is 18.2 Å². The van der Waals surface area contributed by atoms with Gasteiger partial charge in [0.25, 0.3) is 0 Å². The summed E-state index contributed by atoms with van der Waals surface area (Å²) < 4.78 is 19.1. The summed E-state index contributed by atoms with van der Waals surface area (Å²) in [5.41, 5.74) is 2.78. The van der Waals surface area contributed by atoms with Gasteiger partial charge < -0.3 is 4.74 Å². The number of ether oxygens (including phenoxy) is 1. The molecule has 0 unspecified atom stereocenters. The van der Waals surface area contributed by atoms with Gasteiger partial charge in [-0.15, -0.1) is 11.3 Å². The van der Waals surface area contributed by atoms with Crippen LogP contribution < -0.4 is 4.74 Å². The first-order valence-electron chi connectivity index (χ1n) is 6.90. The second-order valence-corrected chi connectivity index (χ2v) is 7.14. The summed E-state index contributed by atoms with van der Waals surface area (Å²) in [4.78, 5) is 4.60. The van der Waals surface area contributed by atoms with E-state index in [-0.39, 0.29) is 5.82 Å². The molecule has 2 aromatic carbocycles. The third-order valence-electron chi connectivity index (χ3n) is 3.25. The molecule has 0 aliphatic heterocycles. The van der Waals surface area contributed by atoms with Crippen molar-refractivity contribution in [1.82, 2.24) is 4.98 Å².